The van der Waals surface area contributed by atoms with Crippen LogP contribution in [0.1, 0.15) is 35.9 Å². The van der Waals surface area contributed by atoms with Gasteiger partial charge in [-0.15, -0.1) is 0 Å². The fraction of sp³-hybridized carbons (Fsp3) is 0.250. The van der Waals surface area contributed by atoms with Gasteiger partial charge in [-0.2, -0.15) is 5.10 Å². The highest BCUT2D eigenvalue weighted by Gasteiger charge is 2.20. The minimum atomic E-state index is -0.200. The van der Waals surface area contributed by atoms with Crippen LogP contribution in [-0.4, -0.2) is 27.6 Å². The number of aromatic nitrogens is 2. The minimum absolute atomic E-state index is 0.122. The third-order valence-electron chi connectivity index (χ3n) is 4.13. The Balaban J connectivity index is 2.06. The summed E-state index contributed by atoms with van der Waals surface area (Å²) in [6.07, 6.45) is 0. The Morgan fingerprint density at radius 3 is 2.28 bits per heavy atom. The molecule has 0 aliphatic rings. The van der Waals surface area contributed by atoms with Crippen molar-refractivity contribution in [2.45, 2.75) is 26.4 Å². The van der Waals surface area contributed by atoms with Gasteiger partial charge in [-0.1, -0.05) is 48.5 Å². The van der Waals surface area contributed by atoms with Crippen molar-refractivity contribution >= 4 is 16.7 Å². The van der Waals surface area contributed by atoms with Gasteiger partial charge in [-0.05, 0) is 25.5 Å². The van der Waals surface area contributed by atoms with E-state index in [2.05, 4.69) is 5.10 Å². The van der Waals surface area contributed by atoms with Gasteiger partial charge in [0.15, 0.2) is 5.69 Å². The molecule has 25 heavy (non-hydrogen) atoms. The molecule has 0 atom stereocenters. The van der Waals surface area contributed by atoms with Crippen molar-refractivity contribution in [2.75, 3.05) is 7.05 Å². The molecule has 0 aliphatic heterocycles. The second-order valence-electron chi connectivity index (χ2n) is 6.38. The van der Waals surface area contributed by atoms with Crippen molar-refractivity contribution in [3.8, 4) is 0 Å². The van der Waals surface area contributed by atoms with Gasteiger partial charge >= 0.3 is 0 Å². The van der Waals surface area contributed by atoms with E-state index in [1.807, 2.05) is 50.2 Å². The molecule has 0 aliphatic carbocycles. The maximum atomic E-state index is 13.0. The number of fused-ring (bicyclic) bond motifs is 1. The summed E-state index contributed by atoms with van der Waals surface area (Å²) in [4.78, 5) is 27.2. The number of amides is 1. The lowest BCUT2D eigenvalue weighted by molar-refractivity contribution is 0.0778. The molecule has 1 aromatic heterocycles. The first-order valence-electron chi connectivity index (χ1n) is 8.30. The predicted molar refractivity (Wildman–Crippen MR) is 98.6 cm³/mol. The van der Waals surface area contributed by atoms with E-state index in [-0.39, 0.29) is 17.5 Å². The fourth-order valence-corrected chi connectivity index (χ4v) is 2.82. The van der Waals surface area contributed by atoms with Crippen LogP contribution >= 0.6 is 0 Å². The lowest BCUT2D eigenvalue weighted by Gasteiger charge is -2.19. The molecule has 5 heteroatoms. The second kappa shape index (κ2) is 6.89. The fourth-order valence-electron chi connectivity index (χ4n) is 2.82. The quantitative estimate of drug-likeness (QED) is 0.735. The normalized spacial score (nSPS) is 11.0. The first-order chi connectivity index (χ1) is 12.0. The largest absolute Gasteiger partial charge is 0.336 e. The summed E-state index contributed by atoms with van der Waals surface area (Å²) in [7, 11) is 1.75. The number of hydrogen-bond donors (Lipinski definition) is 0. The summed E-state index contributed by atoms with van der Waals surface area (Å²) in [5.74, 6) is -0.200. The van der Waals surface area contributed by atoms with Gasteiger partial charge in [0, 0.05) is 19.0 Å². The molecule has 1 heterocycles. The van der Waals surface area contributed by atoms with Crippen molar-refractivity contribution in [2.24, 2.45) is 0 Å². The molecule has 0 N–H and O–H groups in total. The van der Waals surface area contributed by atoms with Crippen LogP contribution in [0.4, 0.5) is 0 Å². The van der Waals surface area contributed by atoms with Crippen LogP contribution in [0.25, 0.3) is 10.8 Å². The molecule has 0 radical (unpaired) electrons. The van der Waals surface area contributed by atoms with Crippen molar-refractivity contribution in [1.82, 2.24) is 14.7 Å². The van der Waals surface area contributed by atoms with Gasteiger partial charge in [0.1, 0.15) is 0 Å². The molecule has 3 aromatic rings. The number of carbonyl (C=O) groups excluding carboxylic acids is 1. The molecular formula is C20H21N3O2. The Kier molecular flexibility index (Phi) is 4.65. The maximum absolute atomic E-state index is 13.0. The monoisotopic (exact) mass is 335 g/mol. The van der Waals surface area contributed by atoms with E-state index in [9.17, 15) is 9.59 Å². The van der Waals surface area contributed by atoms with Crippen LogP contribution < -0.4 is 5.56 Å². The number of rotatable bonds is 4. The molecule has 0 fully saturated rings. The number of carbonyl (C=O) groups is 1. The molecule has 2 aromatic carbocycles. The van der Waals surface area contributed by atoms with Crippen molar-refractivity contribution in [1.29, 1.82) is 0 Å². The van der Waals surface area contributed by atoms with Crippen LogP contribution in [0.5, 0.6) is 0 Å². The highest BCUT2D eigenvalue weighted by molar-refractivity contribution is 6.04. The average molecular weight is 335 g/mol. The molecule has 1 amide bonds. The molecule has 0 bridgehead atoms. The average Bonchev–Trinajstić information content (AvgIpc) is 2.62. The Morgan fingerprint density at radius 1 is 1.04 bits per heavy atom. The van der Waals surface area contributed by atoms with Crippen LogP contribution in [0, 0.1) is 0 Å². The lowest BCUT2D eigenvalue weighted by atomic mass is 10.1. The van der Waals surface area contributed by atoms with E-state index >= 15 is 0 Å². The van der Waals surface area contributed by atoms with Crippen LogP contribution in [-0.2, 0) is 6.54 Å². The molecule has 128 valence electrons. The van der Waals surface area contributed by atoms with E-state index in [0.29, 0.717) is 23.0 Å². The van der Waals surface area contributed by atoms with Crippen LogP contribution in [0.3, 0.4) is 0 Å². The molecule has 5 nitrogen and oxygen atoms in total. The number of hydrogen-bond acceptors (Lipinski definition) is 3. The van der Waals surface area contributed by atoms with E-state index in [0.717, 1.165) is 5.56 Å². The summed E-state index contributed by atoms with van der Waals surface area (Å²) < 4.78 is 1.38. The highest BCUT2D eigenvalue weighted by Crippen LogP contribution is 2.17. The highest BCUT2D eigenvalue weighted by atomic mass is 16.2. The van der Waals surface area contributed by atoms with Gasteiger partial charge < -0.3 is 4.90 Å². The summed E-state index contributed by atoms with van der Waals surface area (Å²) in [6.45, 7) is 4.24. The van der Waals surface area contributed by atoms with Gasteiger partial charge in [-0.25, -0.2) is 4.68 Å². The first-order valence-corrected chi connectivity index (χ1v) is 8.30. The molecule has 3 rings (SSSR count). The van der Waals surface area contributed by atoms with E-state index < -0.39 is 0 Å². The Labute approximate surface area is 146 Å². The number of nitrogens with zero attached hydrogens (tertiary/aromatic N) is 3. The smallest absolute Gasteiger partial charge is 0.274 e. The second-order valence-corrected chi connectivity index (χ2v) is 6.38. The Hall–Kier alpha value is -2.95. The number of benzene rings is 2. The third-order valence-corrected chi connectivity index (χ3v) is 4.13. The lowest BCUT2D eigenvalue weighted by Crippen LogP contribution is -2.32. The van der Waals surface area contributed by atoms with Crippen LogP contribution in [0.15, 0.2) is 59.4 Å². The standard InChI is InChI=1S/C20H21N3O2/c1-14(2)23-19(24)17-12-8-7-11-16(17)18(21-23)20(25)22(3)13-15-9-5-4-6-10-15/h4-12,14H,13H2,1-3H3. The predicted octanol–water partition coefficient (Wildman–Crippen LogP) is 3.25. The van der Waals surface area contributed by atoms with Crippen molar-refractivity contribution in [3.05, 3.63) is 76.2 Å². The van der Waals surface area contributed by atoms with Gasteiger partial charge in [-0.3, -0.25) is 9.59 Å². The summed E-state index contributed by atoms with van der Waals surface area (Å²) >= 11 is 0. The Bertz CT molecular complexity index is 962. The zero-order chi connectivity index (χ0) is 18.0. The summed E-state index contributed by atoms with van der Waals surface area (Å²) in [5, 5.41) is 5.48. The Morgan fingerprint density at radius 2 is 1.64 bits per heavy atom. The van der Waals surface area contributed by atoms with Gasteiger partial charge in [0.2, 0.25) is 0 Å². The summed E-state index contributed by atoms with van der Waals surface area (Å²) in [5.41, 5.74) is 1.18. The van der Waals surface area contributed by atoms with Crippen molar-refractivity contribution < 1.29 is 4.79 Å². The minimum Gasteiger partial charge on any atom is -0.336 e. The topological polar surface area (TPSA) is 55.2 Å². The van der Waals surface area contributed by atoms with E-state index in [1.165, 1.54) is 4.68 Å². The molecule has 0 saturated heterocycles. The summed E-state index contributed by atoms with van der Waals surface area (Å²) in [6, 6.07) is 16.8. The van der Waals surface area contributed by atoms with Crippen molar-refractivity contribution in [3.63, 3.8) is 0 Å². The molecule has 0 unspecified atom stereocenters. The zero-order valence-electron chi connectivity index (χ0n) is 14.6. The van der Waals surface area contributed by atoms with Gasteiger partial charge in [0.25, 0.3) is 11.5 Å². The first kappa shape index (κ1) is 16.9. The van der Waals surface area contributed by atoms with Gasteiger partial charge in [0.05, 0.1) is 11.4 Å². The van der Waals surface area contributed by atoms with Crippen LogP contribution in [0.2, 0.25) is 0 Å². The zero-order valence-corrected chi connectivity index (χ0v) is 14.6. The third kappa shape index (κ3) is 3.31. The van der Waals surface area contributed by atoms with E-state index in [1.54, 1.807) is 30.1 Å². The SMILES string of the molecule is CC(C)n1nc(C(=O)N(C)Cc2ccccc2)c2ccccc2c1=O. The molecular weight excluding hydrogens is 314 g/mol. The maximum Gasteiger partial charge on any atom is 0.274 e. The molecule has 0 spiro atoms. The van der Waals surface area contributed by atoms with E-state index in [4.69, 9.17) is 0 Å². The molecule has 0 saturated carbocycles.